The molecule has 1 heterocycles. The number of pyridine rings is 1. The molecule has 1 aromatic carbocycles. The average Bonchev–Trinajstić information content (AvgIpc) is 2.31. The maximum atomic E-state index is 13.2. The predicted octanol–water partition coefficient (Wildman–Crippen LogP) is 3.10. The van der Waals surface area contributed by atoms with E-state index in [-0.39, 0.29) is 5.69 Å². The molecule has 0 N–H and O–H groups in total. The SMILES string of the molecule is Fc1cnc([CH]c2ccccc2)c(F)c1F. The normalized spacial score (nSPS) is 10.4. The lowest BCUT2D eigenvalue weighted by molar-refractivity contribution is 0.437. The first-order valence-electron chi connectivity index (χ1n) is 4.58. The lowest BCUT2D eigenvalue weighted by atomic mass is 10.1. The van der Waals surface area contributed by atoms with Gasteiger partial charge in [0.05, 0.1) is 11.9 Å². The van der Waals surface area contributed by atoms with Gasteiger partial charge in [0, 0.05) is 6.42 Å². The maximum absolute atomic E-state index is 13.2. The minimum atomic E-state index is -1.50. The molecule has 0 saturated carbocycles. The van der Waals surface area contributed by atoms with Crippen molar-refractivity contribution >= 4 is 0 Å². The van der Waals surface area contributed by atoms with E-state index in [9.17, 15) is 13.2 Å². The Kier molecular flexibility index (Phi) is 2.90. The zero-order valence-electron chi connectivity index (χ0n) is 8.12. The third-order valence-corrected chi connectivity index (χ3v) is 2.05. The molecule has 0 atom stereocenters. The molecule has 0 amide bonds. The van der Waals surface area contributed by atoms with Gasteiger partial charge in [0.15, 0.2) is 17.5 Å². The first-order chi connectivity index (χ1) is 7.68. The molecule has 0 spiro atoms. The molecule has 0 aliphatic rings. The van der Waals surface area contributed by atoms with Crippen molar-refractivity contribution in [2.75, 3.05) is 0 Å². The number of aromatic nitrogens is 1. The highest BCUT2D eigenvalue weighted by molar-refractivity contribution is 5.33. The number of hydrogen-bond donors (Lipinski definition) is 0. The molecule has 1 nitrogen and oxygen atoms in total. The number of rotatable bonds is 2. The van der Waals surface area contributed by atoms with Crippen molar-refractivity contribution in [2.24, 2.45) is 0 Å². The van der Waals surface area contributed by atoms with Gasteiger partial charge < -0.3 is 0 Å². The van der Waals surface area contributed by atoms with Gasteiger partial charge in [-0.2, -0.15) is 0 Å². The Hall–Kier alpha value is -1.84. The highest BCUT2D eigenvalue weighted by atomic mass is 19.2. The molecule has 0 aliphatic heterocycles. The molecule has 4 heteroatoms. The summed E-state index contributed by atoms with van der Waals surface area (Å²) in [5.74, 6) is -4.07. The topological polar surface area (TPSA) is 12.9 Å². The largest absolute Gasteiger partial charge is 0.254 e. The highest BCUT2D eigenvalue weighted by Crippen LogP contribution is 2.17. The summed E-state index contributed by atoms with van der Waals surface area (Å²) >= 11 is 0. The van der Waals surface area contributed by atoms with Gasteiger partial charge in [-0.25, -0.2) is 13.2 Å². The second-order valence-electron chi connectivity index (χ2n) is 3.17. The fraction of sp³-hybridized carbons (Fsp3) is 0. The van der Waals surface area contributed by atoms with Crippen LogP contribution in [0.2, 0.25) is 0 Å². The molecule has 0 bridgehead atoms. The van der Waals surface area contributed by atoms with Crippen LogP contribution in [0.25, 0.3) is 0 Å². The van der Waals surface area contributed by atoms with Gasteiger partial charge in [0.1, 0.15) is 0 Å². The van der Waals surface area contributed by atoms with E-state index in [4.69, 9.17) is 0 Å². The van der Waals surface area contributed by atoms with Gasteiger partial charge in [0.25, 0.3) is 0 Å². The summed E-state index contributed by atoms with van der Waals surface area (Å²) < 4.78 is 38.7. The summed E-state index contributed by atoms with van der Waals surface area (Å²) in [5, 5.41) is 0. The van der Waals surface area contributed by atoms with Crippen LogP contribution in [-0.4, -0.2) is 4.98 Å². The molecular formula is C12H7F3N. The van der Waals surface area contributed by atoms with Crippen LogP contribution in [0, 0.1) is 23.9 Å². The van der Waals surface area contributed by atoms with Gasteiger partial charge in [-0.15, -0.1) is 0 Å². The zero-order chi connectivity index (χ0) is 11.5. The van der Waals surface area contributed by atoms with E-state index in [0.29, 0.717) is 11.8 Å². The fourth-order valence-electron chi connectivity index (χ4n) is 1.26. The van der Waals surface area contributed by atoms with Crippen molar-refractivity contribution in [3.05, 3.63) is 71.7 Å². The molecule has 0 aliphatic carbocycles. The quantitative estimate of drug-likeness (QED) is 0.760. The van der Waals surface area contributed by atoms with Crippen LogP contribution in [0.4, 0.5) is 13.2 Å². The smallest absolute Gasteiger partial charge is 0.197 e. The Bertz CT molecular complexity index is 497. The van der Waals surface area contributed by atoms with Gasteiger partial charge in [-0.1, -0.05) is 30.3 Å². The first kappa shape index (κ1) is 10.7. The molecule has 2 aromatic rings. The fourth-order valence-corrected chi connectivity index (χ4v) is 1.26. The summed E-state index contributed by atoms with van der Waals surface area (Å²) in [6.07, 6.45) is 2.00. The summed E-state index contributed by atoms with van der Waals surface area (Å²) in [6, 6.07) is 8.73. The van der Waals surface area contributed by atoms with Crippen LogP contribution in [-0.2, 0) is 0 Å². The van der Waals surface area contributed by atoms with E-state index in [1.165, 1.54) is 6.42 Å². The maximum Gasteiger partial charge on any atom is 0.197 e. The van der Waals surface area contributed by atoms with E-state index in [1.54, 1.807) is 30.3 Å². The van der Waals surface area contributed by atoms with Crippen LogP contribution in [0.5, 0.6) is 0 Å². The van der Waals surface area contributed by atoms with Crippen molar-refractivity contribution in [1.82, 2.24) is 4.98 Å². The van der Waals surface area contributed by atoms with Crippen LogP contribution in [0.1, 0.15) is 11.3 Å². The highest BCUT2D eigenvalue weighted by Gasteiger charge is 2.14. The Labute approximate surface area is 90.6 Å². The van der Waals surface area contributed by atoms with E-state index in [1.807, 2.05) is 0 Å². The number of hydrogen-bond acceptors (Lipinski definition) is 1. The second kappa shape index (κ2) is 4.35. The van der Waals surface area contributed by atoms with Gasteiger partial charge in [-0.3, -0.25) is 4.98 Å². The Morgan fingerprint density at radius 2 is 1.62 bits per heavy atom. The standard InChI is InChI=1S/C12H7F3N/c13-9-7-16-10(12(15)11(9)14)6-8-4-2-1-3-5-8/h1-7H. The van der Waals surface area contributed by atoms with Gasteiger partial charge in [0.2, 0.25) is 0 Å². The molecule has 1 radical (unpaired) electrons. The second-order valence-corrected chi connectivity index (χ2v) is 3.17. The lowest BCUT2D eigenvalue weighted by Crippen LogP contribution is -2.00. The molecule has 81 valence electrons. The molecule has 16 heavy (non-hydrogen) atoms. The van der Waals surface area contributed by atoms with Crippen molar-refractivity contribution in [1.29, 1.82) is 0 Å². The van der Waals surface area contributed by atoms with Crippen molar-refractivity contribution < 1.29 is 13.2 Å². The van der Waals surface area contributed by atoms with Crippen LogP contribution >= 0.6 is 0 Å². The summed E-state index contributed by atoms with van der Waals surface area (Å²) in [4.78, 5) is 3.49. The third kappa shape index (κ3) is 2.05. The molecule has 2 rings (SSSR count). The average molecular weight is 222 g/mol. The van der Waals surface area contributed by atoms with Crippen molar-refractivity contribution in [3.63, 3.8) is 0 Å². The lowest BCUT2D eigenvalue weighted by Gasteiger charge is -2.03. The Morgan fingerprint density at radius 3 is 2.31 bits per heavy atom. The van der Waals surface area contributed by atoms with Gasteiger partial charge >= 0.3 is 0 Å². The predicted molar refractivity (Wildman–Crippen MR) is 53.1 cm³/mol. The van der Waals surface area contributed by atoms with Crippen molar-refractivity contribution in [3.8, 4) is 0 Å². The molecule has 1 aromatic heterocycles. The summed E-state index contributed by atoms with van der Waals surface area (Å²) in [7, 11) is 0. The minimum Gasteiger partial charge on any atom is -0.254 e. The first-order valence-corrected chi connectivity index (χ1v) is 4.58. The van der Waals surface area contributed by atoms with Crippen LogP contribution in [0.3, 0.4) is 0 Å². The molecule has 0 unspecified atom stereocenters. The Balaban J connectivity index is 2.33. The van der Waals surface area contributed by atoms with Gasteiger partial charge in [-0.05, 0) is 5.56 Å². The third-order valence-electron chi connectivity index (χ3n) is 2.05. The summed E-state index contributed by atoms with van der Waals surface area (Å²) in [6.45, 7) is 0. The van der Waals surface area contributed by atoms with E-state index in [0.717, 1.165) is 0 Å². The van der Waals surface area contributed by atoms with E-state index >= 15 is 0 Å². The van der Waals surface area contributed by atoms with E-state index in [2.05, 4.69) is 4.98 Å². The summed E-state index contributed by atoms with van der Waals surface area (Å²) in [5.41, 5.74) is 0.449. The molecule has 0 saturated heterocycles. The van der Waals surface area contributed by atoms with Crippen LogP contribution < -0.4 is 0 Å². The van der Waals surface area contributed by atoms with Crippen LogP contribution in [0.15, 0.2) is 36.5 Å². The molecule has 0 fully saturated rings. The minimum absolute atomic E-state index is 0.217. The number of benzene rings is 1. The van der Waals surface area contributed by atoms with E-state index < -0.39 is 17.5 Å². The number of halogens is 3. The molecular weight excluding hydrogens is 215 g/mol. The number of nitrogens with zero attached hydrogens (tertiary/aromatic N) is 1. The Morgan fingerprint density at radius 1 is 0.938 bits per heavy atom. The monoisotopic (exact) mass is 222 g/mol. The zero-order valence-corrected chi connectivity index (χ0v) is 8.12. The van der Waals surface area contributed by atoms with Crippen molar-refractivity contribution in [2.45, 2.75) is 0 Å².